The van der Waals surface area contributed by atoms with Gasteiger partial charge in [0.15, 0.2) is 0 Å². The highest BCUT2D eigenvalue weighted by Crippen LogP contribution is 2.19. The van der Waals surface area contributed by atoms with E-state index in [1.807, 2.05) is 51.1 Å². The van der Waals surface area contributed by atoms with E-state index in [4.69, 9.17) is 0 Å². The van der Waals surface area contributed by atoms with E-state index in [2.05, 4.69) is 15.3 Å². The fraction of sp³-hybridized carbons (Fsp3) is 0.375. The second-order valence-corrected chi connectivity index (χ2v) is 5.09. The molecule has 2 N–H and O–H groups in total. The molecule has 0 saturated carbocycles. The molecule has 1 aromatic heterocycles. The van der Waals surface area contributed by atoms with Gasteiger partial charge in [-0.25, -0.2) is 4.98 Å². The van der Waals surface area contributed by atoms with Crippen molar-refractivity contribution < 1.29 is 4.79 Å². The predicted molar refractivity (Wildman–Crippen MR) is 80.0 cm³/mol. The molecule has 0 bridgehead atoms. The summed E-state index contributed by atoms with van der Waals surface area (Å²) in [6.45, 7) is 5.88. The highest BCUT2D eigenvalue weighted by Gasteiger charge is 2.16. The normalized spacial score (nSPS) is 13.8. The van der Waals surface area contributed by atoms with Crippen molar-refractivity contribution in [3.63, 3.8) is 0 Å². The van der Waals surface area contributed by atoms with Crippen LogP contribution in [0.5, 0.6) is 0 Å². The monoisotopic (exact) mass is 271 g/mol. The Kier molecular flexibility index (Phi) is 4.56. The van der Waals surface area contributed by atoms with E-state index in [0.717, 1.165) is 23.5 Å². The van der Waals surface area contributed by atoms with Crippen molar-refractivity contribution in [1.29, 1.82) is 0 Å². The van der Waals surface area contributed by atoms with Crippen molar-refractivity contribution in [1.82, 2.24) is 15.3 Å². The first kappa shape index (κ1) is 14.3. The molecule has 2 rings (SSSR count). The van der Waals surface area contributed by atoms with Crippen molar-refractivity contribution >= 4 is 5.91 Å². The Morgan fingerprint density at radius 3 is 2.65 bits per heavy atom. The van der Waals surface area contributed by atoms with E-state index < -0.39 is 0 Å². The molecule has 106 valence electrons. The SMILES string of the molecule is CC[C@@H](C)C(=O)N[C@@H](C)c1ncc(-c2ccccc2)[nH]1. The molecule has 0 radical (unpaired) electrons. The molecule has 20 heavy (non-hydrogen) atoms. The Labute approximate surface area is 119 Å². The minimum atomic E-state index is -0.117. The molecule has 0 saturated heterocycles. The number of carbonyl (C=O) groups excluding carboxylic acids is 1. The van der Waals surface area contributed by atoms with Crippen LogP contribution in [0.25, 0.3) is 11.3 Å². The number of rotatable bonds is 5. The molecule has 4 heteroatoms. The molecule has 1 aromatic carbocycles. The number of carbonyl (C=O) groups is 1. The summed E-state index contributed by atoms with van der Waals surface area (Å²) in [5, 5.41) is 2.98. The van der Waals surface area contributed by atoms with Crippen LogP contribution < -0.4 is 5.32 Å². The zero-order chi connectivity index (χ0) is 14.5. The summed E-state index contributed by atoms with van der Waals surface area (Å²) in [6, 6.07) is 9.90. The number of aromatic amines is 1. The van der Waals surface area contributed by atoms with Gasteiger partial charge in [-0.2, -0.15) is 0 Å². The minimum Gasteiger partial charge on any atom is -0.346 e. The molecule has 0 aliphatic rings. The number of nitrogens with one attached hydrogen (secondary N) is 2. The quantitative estimate of drug-likeness (QED) is 0.876. The van der Waals surface area contributed by atoms with Crippen LogP contribution >= 0.6 is 0 Å². The number of H-pyrrole nitrogens is 1. The zero-order valence-corrected chi connectivity index (χ0v) is 12.2. The molecule has 0 aliphatic heterocycles. The Morgan fingerprint density at radius 2 is 2.00 bits per heavy atom. The van der Waals surface area contributed by atoms with Gasteiger partial charge < -0.3 is 10.3 Å². The first-order chi connectivity index (χ1) is 9.61. The van der Waals surface area contributed by atoms with Gasteiger partial charge in [0.2, 0.25) is 5.91 Å². The largest absolute Gasteiger partial charge is 0.346 e. The molecule has 0 spiro atoms. The van der Waals surface area contributed by atoms with Gasteiger partial charge in [-0.1, -0.05) is 44.2 Å². The molecule has 2 atom stereocenters. The first-order valence-corrected chi connectivity index (χ1v) is 7.02. The summed E-state index contributed by atoms with van der Waals surface area (Å²) < 4.78 is 0. The Balaban J connectivity index is 2.07. The van der Waals surface area contributed by atoms with E-state index in [0.29, 0.717) is 0 Å². The van der Waals surface area contributed by atoms with Crippen LogP contribution in [0.4, 0.5) is 0 Å². The predicted octanol–water partition coefficient (Wildman–Crippen LogP) is 3.30. The molecular weight excluding hydrogens is 250 g/mol. The average Bonchev–Trinajstić information content (AvgIpc) is 2.97. The fourth-order valence-electron chi connectivity index (χ4n) is 1.93. The summed E-state index contributed by atoms with van der Waals surface area (Å²) in [5.41, 5.74) is 2.05. The molecule has 4 nitrogen and oxygen atoms in total. The number of benzene rings is 1. The van der Waals surface area contributed by atoms with E-state index in [1.165, 1.54) is 0 Å². The lowest BCUT2D eigenvalue weighted by Crippen LogP contribution is -2.31. The van der Waals surface area contributed by atoms with Crippen LogP contribution in [0.15, 0.2) is 36.5 Å². The Hall–Kier alpha value is -2.10. The van der Waals surface area contributed by atoms with Crippen LogP contribution in [-0.4, -0.2) is 15.9 Å². The van der Waals surface area contributed by atoms with E-state index in [9.17, 15) is 4.79 Å². The second-order valence-electron chi connectivity index (χ2n) is 5.09. The Bertz CT molecular complexity index is 562. The molecular formula is C16H21N3O. The average molecular weight is 271 g/mol. The van der Waals surface area contributed by atoms with E-state index >= 15 is 0 Å². The van der Waals surface area contributed by atoms with Gasteiger partial charge in [0, 0.05) is 5.92 Å². The smallest absolute Gasteiger partial charge is 0.223 e. The summed E-state index contributed by atoms with van der Waals surface area (Å²) in [6.07, 6.45) is 2.64. The molecule has 2 aromatic rings. The van der Waals surface area contributed by atoms with Gasteiger partial charge >= 0.3 is 0 Å². The summed E-state index contributed by atoms with van der Waals surface area (Å²) in [7, 11) is 0. The number of nitrogens with zero attached hydrogens (tertiary/aromatic N) is 1. The second kappa shape index (κ2) is 6.37. The standard InChI is InChI=1S/C16H21N3O/c1-4-11(2)16(20)18-12(3)15-17-10-14(19-15)13-8-6-5-7-9-13/h5-12H,4H2,1-3H3,(H,17,19)(H,18,20)/t11-,12+/m1/s1. The maximum atomic E-state index is 11.9. The lowest BCUT2D eigenvalue weighted by atomic mass is 10.1. The van der Waals surface area contributed by atoms with E-state index in [-0.39, 0.29) is 17.9 Å². The topological polar surface area (TPSA) is 57.8 Å². The number of amides is 1. The number of imidazole rings is 1. The molecule has 1 amide bonds. The van der Waals surface area contributed by atoms with E-state index in [1.54, 1.807) is 6.20 Å². The minimum absolute atomic E-state index is 0.0287. The van der Waals surface area contributed by atoms with Gasteiger partial charge in [-0.05, 0) is 18.9 Å². The van der Waals surface area contributed by atoms with Gasteiger partial charge in [0.1, 0.15) is 5.82 Å². The van der Waals surface area contributed by atoms with Crippen molar-refractivity contribution in [2.24, 2.45) is 5.92 Å². The van der Waals surface area contributed by atoms with Crippen LogP contribution in [0, 0.1) is 5.92 Å². The number of aromatic nitrogens is 2. The van der Waals surface area contributed by atoms with Gasteiger partial charge in [-0.3, -0.25) is 4.79 Å². The molecule has 0 aliphatic carbocycles. The van der Waals surface area contributed by atoms with Crippen molar-refractivity contribution in [2.45, 2.75) is 33.2 Å². The third-order valence-corrected chi connectivity index (χ3v) is 3.51. The van der Waals surface area contributed by atoms with Gasteiger partial charge in [0.25, 0.3) is 0 Å². The zero-order valence-electron chi connectivity index (χ0n) is 12.2. The highest BCUT2D eigenvalue weighted by atomic mass is 16.1. The maximum absolute atomic E-state index is 11.9. The van der Waals surface area contributed by atoms with Crippen molar-refractivity contribution in [3.8, 4) is 11.3 Å². The lowest BCUT2D eigenvalue weighted by molar-refractivity contribution is -0.125. The van der Waals surface area contributed by atoms with Crippen LogP contribution in [0.3, 0.4) is 0 Å². The highest BCUT2D eigenvalue weighted by molar-refractivity contribution is 5.78. The lowest BCUT2D eigenvalue weighted by Gasteiger charge is -2.14. The Morgan fingerprint density at radius 1 is 1.30 bits per heavy atom. The maximum Gasteiger partial charge on any atom is 0.223 e. The third kappa shape index (κ3) is 3.26. The van der Waals surface area contributed by atoms with Crippen LogP contribution in [0.2, 0.25) is 0 Å². The summed E-state index contributed by atoms with van der Waals surface area (Å²) >= 11 is 0. The van der Waals surface area contributed by atoms with Crippen LogP contribution in [0.1, 0.15) is 39.1 Å². The fourth-order valence-corrected chi connectivity index (χ4v) is 1.93. The third-order valence-electron chi connectivity index (χ3n) is 3.51. The number of hydrogen-bond acceptors (Lipinski definition) is 2. The molecule has 0 unspecified atom stereocenters. The van der Waals surface area contributed by atoms with Crippen molar-refractivity contribution in [3.05, 3.63) is 42.4 Å². The molecule has 0 fully saturated rings. The summed E-state index contributed by atoms with van der Waals surface area (Å²) in [4.78, 5) is 19.5. The number of hydrogen-bond donors (Lipinski definition) is 2. The van der Waals surface area contributed by atoms with Crippen LogP contribution in [-0.2, 0) is 4.79 Å². The first-order valence-electron chi connectivity index (χ1n) is 7.02. The molecule has 1 heterocycles. The van der Waals surface area contributed by atoms with Gasteiger partial charge in [0.05, 0.1) is 17.9 Å². The van der Waals surface area contributed by atoms with Gasteiger partial charge in [-0.15, -0.1) is 0 Å². The summed E-state index contributed by atoms with van der Waals surface area (Å²) in [5.74, 6) is 0.874. The van der Waals surface area contributed by atoms with Crippen molar-refractivity contribution in [2.75, 3.05) is 0 Å².